The van der Waals surface area contributed by atoms with Crippen molar-refractivity contribution in [3.8, 4) is 0 Å². The van der Waals surface area contributed by atoms with Crippen molar-refractivity contribution in [1.82, 2.24) is 14.9 Å². The molecule has 0 spiro atoms. The Morgan fingerprint density at radius 3 is 2.55 bits per heavy atom. The van der Waals surface area contributed by atoms with Gasteiger partial charge in [0.15, 0.2) is 11.4 Å². The van der Waals surface area contributed by atoms with Crippen LogP contribution >= 0.6 is 11.8 Å². The fraction of sp³-hybridized carbons (Fsp3) is 0.571. The molecule has 2 rings (SSSR count). The van der Waals surface area contributed by atoms with Gasteiger partial charge in [0.2, 0.25) is 5.91 Å². The van der Waals surface area contributed by atoms with E-state index in [9.17, 15) is 9.59 Å². The molecule has 1 atom stereocenters. The molecule has 1 aromatic heterocycles. The maximum Gasteiger partial charge on any atom is 0.262 e. The summed E-state index contributed by atoms with van der Waals surface area (Å²) in [6, 6.07) is 7.38. The molecule has 1 heterocycles. The Morgan fingerprint density at radius 2 is 1.90 bits per heavy atom. The molecule has 160 valence electrons. The summed E-state index contributed by atoms with van der Waals surface area (Å²) in [5, 5.41) is 4.03. The molecule has 1 amide bonds. The van der Waals surface area contributed by atoms with E-state index in [1.165, 1.54) is 11.8 Å². The molecule has 0 saturated carbocycles. The number of carbonyl (C=O) groups excluding carboxylic acids is 1. The number of carbonyl (C=O) groups is 1. The molecule has 0 radical (unpaired) electrons. The van der Waals surface area contributed by atoms with Gasteiger partial charge in [-0.2, -0.15) is 0 Å². The van der Waals surface area contributed by atoms with Crippen molar-refractivity contribution in [3.05, 3.63) is 34.6 Å². The number of hydrogen-bond acceptors (Lipinski definition) is 6. The molecular weight excluding hydrogens is 390 g/mol. The van der Waals surface area contributed by atoms with E-state index in [-0.39, 0.29) is 29.6 Å². The quantitative estimate of drug-likeness (QED) is 0.322. The van der Waals surface area contributed by atoms with Crippen LogP contribution in [0.15, 0.2) is 34.2 Å². The molecule has 7 nitrogen and oxygen atoms in total. The average Bonchev–Trinajstić information content (AvgIpc) is 2.71. The lowest BCUT2D eigenvalue weighted by Crippen LogP contribution is -2.33. The first kappa shape index (κ1) is 23.4. The number of rotatable bonds is 12. The largest absolute Gasteiger partial charge is 0.353 e. The molecule has 0 bridgehead atoms. The first-order chi connectivity index (χ1) is 14.0. The zero-order chi connectivity index (χ0) is 21.2. The number of nitrogens with zero attached hydrogens (tertiary/aromatic N) is 2. The first-order valence-corrected chi connectivity index (χ1v) is 11.1. The Labute approximate surface area is 176 Å². The molecule has 0 saturated heterocycles. The van der Waals surface area contributed by atoms with Gasteiger partial charge in [0, 0.05) is 32.2 Å². The highest BCUT2D eigenvalue weighted by Crippen LogP contribution is 2.19. The topological polar surface area (TPSA) is 82.5 Å². The van der Waals surface area contributed by atoms with E-state index in [0.29, 0.717) is 42.2 Å². The average molecular weight is 422 g/mol. The minimum Gasteiger partial charge on any atom is -0.353 e. The highest BCUT2D eigenvalue weighted by Gasteiger charge is 2.16. The summed E-state index contributed by atoms with van der Waals surface area (Å²) in [7, 11) is 0. The van der Waals surface area contributed by atoms with Crippen molar-refractivity contribution in [3.63, 3.8) is 0 Å². The third-order valence-electron chi connectivity index (χ3n) is 4.47. The van der Waals surface area contributed by atoms with Gasteiger partial charge in [0.25, 0.3) is 5.56 Å². The molecular formula is C21H31N3O4S. The lowest BCUT2D eigenvalue weighted by atomic mass is 10.2. The summed E-state index contributed by atoms with van der Waals surface area (Å²) in [5.74, 6) is 0.134. The molecule has 2 aromatic rings. The summed E-state index contributed by atoms with van der Waals surface area (Å²) < 4.78 is 12.8. The first-order valence-electron chi connectivity index (χ1n) is 10.1. The monoisotopic (exact) mass is 421 g/mol. The van der Waals surface area contributed by atoms with E-state index in [4.69, 9.17) is 9.47 Å². The fourth-order valence-corrected chi connectivity index (χ4v) is 3.66. The lowest BCUT2D eigenvalue weighted by molar-refractivity contribution is -0.141. The Kier molecular flexibility index (Phi) is 9.63. The summed E-state index contributed by atoms with van der Waals surface area (Å²) in [4.78, 5) is 29.9. The van der Waals surface area contributed by atoms with Crippen molar-refractivity contribution in [1.29, 1.82) is 0 Å². The SMILES string of the molecule is CCOC(CCn1c(SCC(=O)N[C@H](C)CC)nc2ccccc2c1=O)OCC. The number of fused-ring (bicyclic) bond motifs is 1. The van der Waals surface area contributed by atoms with Crippen LogP contribution in [-0.4, -0.2) is 46.8 Å². The van der Waals surface area contributed by atoms with Crippen molar-refractivity contribution >= 4 is 28.6 Å². The zero-order valence-corrected chi connectivity index (χ0v) is 18.5. The van der Waals surface area contributed by atoms with Crippen LogP contribution in [0.4, 0.5) is 0 Å². The molecule has 0 fully saturated rings. The summed E-state index contributed by atoms with van der Waals surface area (Å²) in [6.45, 7) is 9.28. The van der Waals surface area contributed by atoms with E-state index < -0.39 is 0 Å². The number of aromatic nitrogens is 2. The fourth-order valence-electron chi connectivity index (χ4n) is 2.82. The van der Waals surface area contributed by atoms with Gasteiger partial charge in [-0.3, -0.25) is 14.2 Å². The minimum absolute atomic E-state index is 0.0696. The van der Waals surface area contributed by atoms with Gasteiger partial charge in [0.05, 0.1) is 16.7 Å². The number of para-hydroxylation sites is 1. The number of thioether (sulfide) groups is 1. The summed E-state index contributed by atoms with van der Waals surface area (Å²) in [5.41, 5.74) is 0.511. The van der Waals surface area contributed by atoms with E-state index in [1.54, 1.807) is 10.6 Å². The predicted molar refractivity (Wildman–Crippen MR) is 116 cm³/mol. The maximum atomic E-state index is 13.1. The van der Waals surface area contributed by atoms with E-state index in [1.807, 2.05) is 45.9 Å². The van der Waals surface area contributed by atoms with Crippen LogP contribution in [0.25, 0.3) is 10.9 Å². The van der Waals surface area contributed by atoms with Crippen LogP contribution in [0.1, 0.15) is 40.5 Å². The summed E-state index contributed by atoms with van der Waals surface area (Å²) in [6.07, 6.45) is 1.01. The van der Waals surface area contributed by atoms with E-state index in [0.717, 1.165) is 6.42 Å². The van der Waals surface area contributed by atoms with Crippen molar-refractivity contribution in [2.75, 3.05) is 19.0 Å². The highest BCUT2D eigenvalue weighted by atomic mass is 32.2. The maximum absolute atomic E-state index is 13.1. The van der Waals surface area contributed by atoms with Gasteiger partial charge in [-0.05, 0) is 39.3 Å². The van der Waals surface area contributed by atoms with Gasteiger partial charge in [-0.25, -0.2) is 4.98 Å². The third kappa shape index (κ3) is 6.83. The molecule has 0 unspecified atom stereocenters. The van der Waals surface area contributed by atoms with Crippen LogP contribution in [0.5, 0.6) is 0 Å². The summed E-state index contributed by atoms with van der Waals surface area (Å²) >= 11 is 1.27. The molecule has 0 aliphatic rings. The highest BCUT2D eigenvalue weighted by molar-refractivity contribution is 7.99. The lowest BCUT2D eigenvalue weighted by Gasteiger charge is -2.19. The molecule has 1 N–H and O–H groups in total. The Hall–Kier alpha value is -1.90. The van der Waals surface area contributed by atoms with E-state index in [2.05, 4.69) is 10.3 Å². The molecule has 8 heteroatoms. The number of ether oxygens (including phenoxy) is 2. The van der Waals surface area contributed by atoms with Crippen LogP contribution in [0, 0.1) is 0 Å². The Bertz CT molecular complexity index is 849. The Balaban J connectivity index is 2.25. The normalized spacial score (nSPS) is 12.4. The Morgan fingerprint density at radius 1 is 1.21 bits per heavy atom. The number of nitrogens with one attached hydrogen (secondary N) is 1. The van der Waals surface area contributed by atoms with Crippen molar-refractivity contribution < 1.29 is 14.3 Å². The second kappa shape index (κ2) is 11.9. The molecule has 0 aliphatic heterocycles. The van der Waals surface area contributed by atoms with Crippen LogP contribution < -0.4 is 10.9 Å². The number of amides is 1. The van der Waals surface area contributed by atoms with Gasteiger partial charge in [0.1, 0.15) is 0 Å². The van der Waals surface area contributed by atoms with Crippen LogP contribution in [-0.2, 0) is 20.8 Å². The van der Waals surface area contributed by atoms with E-state index >= 15 is 0 Å². The predicted octanol–water partition coefficient (Wildman–Crippen LogP) is 3.19. The van der Waals surface area contributed by atoms with Gasteiger partial charge < -0.3 is 14.8 Å². The van der Waals surface area contributed by atoms with Crippen LogP contribution in [0.3, 0.4) is 0 Å². The van der Waals surface area contributed by atoms with Crippen molar-refractivity contribution in [2.24, 2.45) is 0 Å². The smallest absolute Gasteiger partial charge is 0.262 e. The minimum atomic E-state index is -0.380. The molecule has 0 aliphatic carbocycles. The third-order valence-corrected chi connectivity index (χ3v) is 5.45. The number of hydrogen-bond donors (Lipinski definition) is 1. The van der Waals surface area contributed by atoms with Crippen molar-refractivity contribution in [2.45, 2.75) is 64.6 Å². The van der Waals surface area contributed by atoms with Crippen LogP contribution in [0.2, 0.25) is 0 Å². The van der Waals surface area contributed by atoms with Gasteiger partial charge in [-0.1, -0.05) is 30.8 Å². The van der Waals surface area contributed by atoms with Gasteiger partial charge >= 0.3 is 0 Å². The zero-order valence-electron chi connectivity index (χ0n) is 17.6. The standard InChI is InChI=1S/C21H31N3O4S/c1-5-15(4)22-18(25)14-29-21-23-17-11-9-8-10-16(17)20(26)24(21)13-12-19(27-6-2)28-7-3/h8-11,15,19H,5-7,12-14H2,1-4H3,(H,22,25)/t15-/m1/s1. The second-order valence-electron chi connectivity index (χ2n) is 6.66. The molecule has 1 aromatic carbocycles. The molecule has 29 heavy (non-hydrogen) atoms. The number of benzene rings is 1. The van der Waals surface area contributed by atoms with Gasteiger partial charge in [-0.15, -0.1) is 0 Å². The second-order valence-corrected chi connectivity index (χ2v) is 7.61.